The summed E-state index contributed by atoms with van der Waals surface area (Å²) in [5.74, 6) is 0.542. The molecule has 0 radical (unpaired) electrons. The lowest BCUT2D eigenvalue weighted by atomic mass is 10.0. The highest BCUT2D eigenvalue weighted by Crippen LogP contribution is 2.14. The molecule has 1 N–H and O–H groups in total. The smallest absolute Gasteiger partial charge is 0.0836 e. The Labute approximate surface area is 78.9 Å². The van der Waals surface area contributed by atoms with Crippen molar-refractivity contribution < 1.29 is 5.21 Å². The highest BCUT2D eigenvalue weighted by atomic mass is 16.4. The van der Waals surface area contributed by atoms with Crippen LogP contribution in [0.5, 0.6) is 0 Å². The van der Waals surface area contributed by atoms with Gasteiger partial charge in [-0.1, -0.05) is 43.3 Å². The zero-order chi connectivity index (χ0) is 9.84. The van der Waals surface area contributed by atoms with Gasteiger partial charge >= 0.3 is 0 Å². The number of hydrogen-bond donors (Lipinski definition) is 1. The third-order valence-corrected chi connectivity index (χ3v) is 2.15. The molecule has 0 atom stereocenters. The fourth-order valence-electron chi connectivity index (χ4n) is 1.17. The Morgan fingerprint density at radius 2 is 1.77 bits per heavy atom. The van der Waals surface area contributed by atoms with Crippen molar-refractivity contribution in [3.8, 4) is 0 Å². The Bertz CT molecular complexity index is 298. The zero-order valence-electron chi connectivity index (χ0n) is 8.28. The maximum absolute atomic E-state index is 8.55. The molecule has 0 aliphatic carbocycles. The largest absolute Gasteiger partial charge is 0.411 e. The molecule has 0 aromatic heterocycles. The molecule has 0 saturated heterocycles. The van der Waals surface area contributed by atoms with Gasteiger partial charge in [-0.15, -0.1) is 0 Å². The lowest BCUT2D eigenvalue weighted by Gasteiger charge is -2.05. The number of benzene rings is 1. The van der Waals surface area contributed by atoms with Gasteiger partial charge in [0.2, 0.25) is 0 Å². The molecule has 0 amide bonds. The van der Waals surface area contributed by atoms with Crippen molar-refractivity contribution in [3.63, 3.8) is 0 Å². The second-order valence-electron chi connectivity index (χ2n) is 3.46. The van der Waals surface area contributed by atoms with Crippen molar-refractivity contribution in [2.45, 2.75) is 26.7 Å². The van der Waals surface area contributed by atoms with Gasteiger partial charge in [0.05, 0.1) is 5.71 Å². The van der Waals surface area contributed by atoms with Crippen LogP contribution in [0, 0.1) is 0 Å². The monoisotopic (exact) mass is 177 g/mol. The summed E-state index contributed by atoms with van der Waals surface area (Å²) in [6, 6.07) is 8.08. The first-order chi connectivity index (χ1) is 6.15. The van der Waals surface area contributed by atoms with E-state index in [1.807, 2.05) is 12.1 Å². The minimum absolute atomic E-state index is 0.542. The third kappa shape index (κ3) is 2.31. The molecule has 0 bridgehead atoms. The van der Waals surface area contributed by atoms with Crippen LogP contribution in [0.25, 0.3) is 0 Å². The van der Waals surface area contributed by atoms with E-state index in [4.69, 9.17) is 5.21 Å². The van der Waals surface area contributed by atoms with Gasteiger partial charge in [-0.25, -0.2) is 0 Å². The molecule has 0 unspecified atom stereocenters. The average Bonchev–Trinajstić information content (AvgIpc) is 2.17. The third-order valence-electron chi connectivity index (χ3n) is 2.15. The highest BCUT2D eigenvalue weighted by Gasteiger charge is 2.00. The van der Waals surface area contributed by atoms with Gasteiger partial charge in [-0.2, -0.15) is 0 Å². The molecule has 0 aliphatic rings. The molecule has 2 nitrogen and oxygen atoms in total. The molecular formula is C11H15NO. The fourth-order valence-corrected chi connectivity index (χ4v) is 1.17. The molecule has 1 aromatic carbocycles. The summed E-state index contributed by atoms with van der Waals surface area (Å²) in [5.41, 5.74) is 2.91. The zero-order valence-corrected chi connectivity index (χ0v) is 8.28. The van der Waals surface area contributed by atoms with Crippen LogP contribution in [-0.4, -0.2) is 10.9 Å². The van der Waals surface area contributed by atoms with E-state index in [0.29, 0.717) is 11.6 Å². The summed E-state index contributed by atoms with van der Waals surface area (Å²) >= 11 is 0. The lowest BCUT2D eigenvalue weighted by Crippen LogP contribution is -1.95. The van der Waals surface area contributed by atoms with Gasteiger partial charge in [-0.05, 0) is 24.0 Å². The van der Waals surface area contributed by atoms with E-state index in [-0.39, 0.29) is 0 Å². The minimum atomic E-state index is 0.542. The molecule has 0 aliphatic heterocycles. The van der Waals surface area contributed by atoms with Crippen molar-refractivity contribution in [2.75, 3.05) is 0 Å². The van der Waals surface area contributed by atoms with E-state index in [1.54, 1.807) is 6.92 Å². The second-order valence-corrected chi connectivity index (χ2v) is 3.46. The van der Waals surface area contributed by atoms with Crippen LogP contribution in [-0.2, 0) is 0 Å². The number of rotatable bonds is 2. The lowest BCUT2D eigenvalue weighted by molar-refractivity contribution is 0.319. The summed E-state index contributed by atoms with van der Waals surface area (Å²) in [5, 5.41) is 11.7. The molecular weight excluding hydrogens is 162 g/mol. The van der Waals surface area contributed by atoms with Crippen LogP contribution in [0.1, 0.15) is 37.8 Å². The fraction of sp³-hybridized carbons (Fsp3) is 0.364. The van der Waals surface area contributed by atoms with Gasteiger partial charge in [0, 0.05) is 0 Å². The molecule has 0 heterocycles. The predicted octanol–water partition coefficient (Wildman–Crippen LogP) is 3.01. The molecule has 1 aromatic rings. The maximum atomic E-state index is 8.55. The standard InChI is InChI=1S/C11H15NO/c1-8(2)10-4-6-11(7-5-10)9(3)12-13/h4-8,13H,1-3H3. The minimum Gasteiger partial charge on any atom is -0.411 e. The first kappa shape index (κ1) is 9.78. The molecule has 70 valence electrons. The SMILES string of the molecule is CC(=NO)c1ccc(C(C)C)cc1. The average molecular weight is 177 g/mol. The van der Waals surface area contributed by atoms with Crippen LogP contribution in [0.15, 0.2) is 29.4 Å². The topological polar surface area (TPSA) is 32.6 Å². The van der Waals surface area contributed by atoms with Gasteiger partial charge < -0.3 is 5.21 Å². The molecule has 0 fully saturated rings. The summed E-state index contributed by atoms with van der Waals surface area (Å²) in [6.45, 7) is 6.09. The van der Waals surface area contributed by atoms with Crippen LogP contribution in [0.2, 0.25) is 0 Å². The Hall–Kier alpha value is -1.31. The van der Waals surface area contributed by atoms with Gasteiger partial charge in [-0.3, -0.25) is 0 Å². The van der Waals surface area contributed by atoms with E-state index in [9.17, 15) is 0 Å². The number of nitrogens with zero attached hydrogens (tertiary/aromatic N) is 1. The van der Waals surface area contributed by atoms with E-state index in [1.165, 1.54) is 5.56 Å². The van der Waals surface area contributed by atoms with Crippen molar-refractivity contribution in [1.82, 2.24) is 0 Å². The van der Waals surface area contributed by atoms with Crippen LogP contribution in [0.4, 0.5) is 0 Å². The summed E-state index contributed by atoms with van der Waals surface area (Å²) in [7, 11) is 0. The maximum Gasteiger partial charge on any atom is 0.0836 e. The highest BCUT2D eigenvalue weighted by molar-refractivity contribution is 5.98. The van der Waals surface area contributed by atoms with Crippen molar-refractivity contribution in [3.05, 3.63) is 35.4 Å². The van der Waals surface area contributed by atoms with E-state index in [2.05, 4.69) is 31.1 Å². The van der Waals surface area contributed by atoms with Gasteiger partial charge in [0.1, 0.15) is 0 Å². The summed E-state index contributed by atoms with van der Waals surface area (Å²) in [4.78, 5) is 0. The summed E-state index contributed by atoms with van der Waals surface area (Å²) in [6.07, 6.45) is 0. The van der Waals surface area contributed by atoms with Crippen LogP contribution < -0.4 is 0 Å². The first-order valence-corrected chi connectivity index (χ1v) is 4.44. The molecule has 1 rings (SSSR count). The van der Waals surface area contributed by atoms with E-state index < -0.39 is 0 Å². The van der Waals surface area contributed by atoms with Crippen LogP contribution in [0.3, 0.4) is 0 Å². The first-order valence-electron chi connectivity index (χ1n) is 4.44. The number of oxime groups is 1. The van der Waals surface area contributed by atoms with E-state index >= 15 is 0 Å². The van der Waals surface area contributed by atoms with Crippen molar-refractivity contribution in [2.24, 2.45) is 5.16 Å². The molecule has 2 heteroatoms. The Balaban J connectivity index is 2.94. The quantitative estimate of drug-likeness (QED) is 0.420. The van der Waals surface area contributed by atoms with Crippen molar-refractivity contribution in [1.29, 1.82) is 0 Å². The van der Waals surface area contributed by atoms with Crippen LogP contribution >= 0.6 is 0 Å². The summed E-state index contributed by atoms with van der Waals surface area (Å²) < 4.78 is 0. The number of hydrogen-bond acceptors (Lipinski definition) is 2. The molecule has 13 heavy (non-hydrogen) atoms. The Kier molecular flexibility index (Phi) is 3.07. The second kappa shape index (κ2) is 4.08. The van der Waals surface area contributed by atoms with Gasteiger partial charge in [0.15, 0.2) is 0 Å². The van der Waals surface area contributed by atoms with Gasteiger partial charge in [0.25, 0.3) is 0 Å². The van der Waals surface area contributed by atoms with E-state index in [0.717, 1.165) is 5.56 Å². The Morgan fingerprint density at radius 3 is 2.15 bits per heavy atom. The normalized spacial score (nSPS) is 12.2. The predicted molar refractivity (Wildman–Crippen MR) is 54.5 cm³/mol. The molecule has 0 spiro atoms. The Morgan fingerprint density at radius 1 is 1.23 bits per heavy atom. The molecule has 0 saturated carbocycles. The van der Waals surface area contributed by atoms with Crippen molar-refractivity contribution >= 4 is 5.71 Å².